The van der Waals surface area contributed by atoms with E-state index in [0.717, 1.165) is 0 Å². The molecule has 1 aromatic rings. The number of aliphatic carboxylic acids is 1. The van der Waals surface area contributed by atoms with Gasteiger partial charge < -0.3 is 43.2 Å². The van der Waals surface area contributed by atoms with Crippen molar-refractivity contribution in [3.63, 3.8) is 0 Å². The lowest BCUT2D eigenvalue weighted by atomic mass is 10.1. The van der Waals surface area contributed by atoms with Gasteiger partial charge in [0.15, 0.2) is 0 Å². The Morgan fingerprint density at radius 1 is 1.03 bits per heavy atom. The summed E-state index contributed by atoms with van der Waals surface area (Å²) in [4.78, 5) is 67.8. The van der Waals surface area contributed by atoms with Crippen LogP contribution in [0.4, 0.5) is 0 Å². The van der Waals surface area contributed by atoms with Gasteiger partial charge in [0.1, 0.15) is 18.1 Å². The molecular formula is C21H36N8O6S. The van der Waals surface area contributed by atoms with Crippen LogP contribution in [0.2, 0.25) is 0 Å². The van der Waals surface area contributed by atoms with E-state index >= 15 is 0 Å². The van der Waals surface area contributed by atoms with Gasteiger partial charge in [0.25, 0.3) is 0 Å². The number of carboxylic acid groups (broad SMARTS) is 1. The molecule has 0 aromatic carbocycles. The highest BCUT2D eigenvalue weighted by Crippen LogP contribution is 2.07. The average Bonchev–Trinajstić information content (AvgIpc) is 3.33. The number of nitrogens with zero attached hydrogens (tertiary/aromatic N) is 1. The van der Waals surface area contributed by atoms with Crippen LogP contribution in [0.5, 0.6) is 0 Å². The number of carboxylic acids is 1. The number of H-pyrrole nitrogens is 1. The van der Waals surface area contributed by atoms with E-state index in [1.807, 2.05) is 6.26 Å². The smallest absolute Gasteiger partial charge is 0.326 e. The highest BCUT2D eigenvalue weighted by Gasteiger charge is 2.30. The molecule has 1 rings (SSSR count). The first-order valence-electron chi connectivity index (χ1n) is 11.4. The van der Waals surface area contributed by atoms with E-state index < -0.39 is 53.8 Å². The standard InChI is InChI=1S/C21H36N8O6S/c1-36-7-5-15(27-18(31)13(23)9-17(24)30)20(33)28-14(4-2-3-6-22)19(32)29-16(21(34)35)8-12-10-25-11-26-12/h10-11,13-16H,2-9,22-23H2,1H3,(H2,24,30)(H,25,26)(H,27,31)(H,28,33)(H,29,32)(H,34,35). The predicted molar refractivity (Wildman–Crippen MR) is 133 cm³/mol. The van der Waals surface area contributed by atoms with Crippen molar-refractivity contribution in [3.8, 4) is 0 Å². The molecule has 202 valence electrons. The van der Waals surface area contributed by atoms with E-state index in [1.54, 1.807) is 0 Å². The third kappa shape index (κ3) is 11.5. The van der Waals surface area contributed by atoms with Gasteiger partial charge in [-0.3, -0.25) is 19.2 Å². The molecule has 4 amide bonds. The molecule has 14 nitrogen and oxygen atoms in total. The number of amides is 4. The normalized spacial score (nSPS) is 14.2. The molecule has 36 heavy (non-hydrogen) atoms. The number of hydrogen-bond acceptors (Lipinski definition) is 9. The molecule has 0 fully saturated rings. The van der Waals surface area contributed by atoms with Gasteiger partial charge in [-0.15, -0.1) is 0 Å². The first kappa shape index (κ1) is 30.9. The van der Waals surface area contributed by atoms with Gasteiger partial charge in [-0.25, -0.2) is 9.78 Å². The molecule has 0 spiro atoms. The Kier molecular flexibility index (Phi) is 14.1. The lowest BCUT2D eigenvalue weighted by molar-refractivity contribution is -0.142. The summed E-state index contributed by atoms with van der Waals surface area (Å²) in [5, 5.41) is 17.1. The fourth-order valence-corrected chi connectivity index (χ4v) is 3.69. The summed E-state index contributed by atoms with van der Waals surface area (Å²) in [6, 6.07) is -4.59. The summed E-state index contributed by atoms with van der Waals surface area (Å²) in [6.45, 7) is 0.379. The molecule has 1 heterocycles. The topological polar surface area (TPSA) is 248 Å². The van der Waals surface area contributed by atoms with Gasteiger partial charge in [-0.1, -0.05) is 0 Å². The number of primary amides is 1. The number of thioether (sulfide) groups is 1. The molecule has 0 aliphatic rings. The first-order chi connectivity index (χ1) is 17.1. The fourth-order valence-electron chi connectivity index (χ4n) is 3.22. The molecule has 0 radical (unpaired) electrons. The van der Waals surface area contributed by atoms with Crippen molar-refractivity contribution >= 4 is 41.4 Å². The Labute approximate surface area is 213 Å². The maximum atomic E-state index is 13.1. The Hall–Kier alpha value is -3.17. The number of aromatic amines is 1. The largest absolute Gasteiger partial charge is 0.480 e. The SMILES string of the molecule is CSCCC(NC(=O)C(N)CC(N)=O)C(=O)NC(CCCCN)C(=O)NC(Cc1cnc[nH]1)C(=O)O. The number of hydrogen-bond donors (Lipinski definition) is 8. The molecular weight excluding hydrogens is 492 g/mol. The molecule has 0 aliphatic heterocycles. The Morgan fingerprint density at radius 2 is 1.64 bits per heavy atom. The molecule has 0 saturated heterocycles. The van der Waals surface area contributed by atoms with Crippen molar-refractivity contribution in [1.29, 1.82) is 0 Å². The quantitative estimate of drug-likeness (QED) is 0.0936. The van der Waals surface area contributed by atoms with Crippen LogP contribution in [0.15, 0.2) is 12.5 Å². The van der Waals surface area contributed by atoms with Crippen molar-refractivity contribution in [2.75, 3.05) is 18.6 Å². The van der Waals surface area contributed by atoms with Crippen LogP contribution < -0.4 is 33.2 Å². The lowest BCUT2D eigenvalue weighted by Crippen LogP contribution is -2.57. The fraction of sp³-hybridized carbons (Fsp3) is 0.619. The van der Waals surface area contributed by atoms with Crippen LogP contribution in [0.25, 0.3) is 0 Å². The second kappa shape index (κ2) is 16.5. The molecule has 1 aromatic heterocycles. The maximum absolute atomic E-state index is 13.1. The minimum absolute atomic E-state index is 0.0330. The number of nitrogens with one attached hydrogen (secondary N) is 4. The van der Waals surface area contributed by atoms with Crippen LogP contribution in [0.1, 0.15) is 37.8 Å². The number of carbonyl (C=O) groups excluding carboxylic acids is 4. The van der Waals surface area contributed by atoms with E-state index in [0.29, 0.717) is 30.8 Å². The highest BCUT2D eigenvalue weighted by molar-refractivity contribution is 7.98. The van der Waals surface area contributed by atoms with E-state index in [4.69, 9.17) is 17.2 Å². The summed E-state index contributed by atoms with van der Waals surface area (Å²) in [7, 11) is 0. The average molecular weight is 529 g/mol. The number of unbranched alkanes of at least 4 members (excludes halogenated alkanes) is 1. The maximum Gasteiger partial charge on any atom is 0.326 e. The van der Waals surface area contributed by atoms with Crippen molar-refractivity contribution in [2.24, 2.45) is 17.2 Å². The van der Waals surface area contributed by atoms with Gasteiger partial charge in [0.2, 0.25) is 23.6 Å². The Bertz CT molecular complexity index is 869. The zero-order valence-corrected chi connectivity index (χ0v) is 21.0. The number of imidazole rings is 1. The second-order valence-corrected chi connectivity index (χ2v) is 9.13. The van der Waals surface area contributed by atoms with E-state index in [9.17, 15) is 29.1 Å². The van der Waals surface area contributed by atoms with E-state index in [2.05, 4.69) is 25.9 Å². The zero-order valence-electron chi connectivity index (χ0n) is 20.2. The summed E-state index contributed by atoms with van der Waals surface area (Å²) in [5.41, 5.74) is 16.8. The first-order valence-corrected chi connectivity index (χ1v) is 12.8. The third-order valence-corrected chi connectivity index (χ3v) is 5.82. The molecule has 0 bridgehead atoms. The summed E-state index contributed by atoms with van der Waals surface area (Å²) in [5.74, 6) is -3.56. The summed E-state index contributed by atoms with van der Waals surface area (Å²) in [6.07, 6.45) is 5.77. The van der Waals surface area contributed by atoms with Crippen molar-refractivity contribution < 1.29 is 29.1 Å². The van der Waals surface area contributed by atoms with Crippen molar-refractivity contribution in [3.05, 3.63) is 18.2 Å². The highest BCUT2D eigenvalue weighted by atomic mass is 32.2. The molecule has 4 atom stereocenters. The van der Waals surface area contributed by atoms with Crippen molar-refractivity contribution in [2.45, 2.75) is 62.7 Å². The van der Waals surface area contributed by atoms with Crippen LogP contribution in [0, 0.1) is 0 Å². The van der Waals surface area contributed by atoms with Gasteiger partial charge in [0, 0.05) is 18.3 Å². The number of aromatic nitrogens is 2. The van der Waals surface area contributed by atoms with Crippen LogP contribution in [-0.4, -0.2) is 87.4 Å². The molecule has 0 aliphatic carbocycles. The van der Waals surface area contributed by atoms with Crippen molar-refractivity contribution in [1.82, 2.24) is 25.9 Å². The second-order valence-electron chi connectivity index (χ2n) is 8.15. The number of carbonyl (C=O) groups is 5. The lowest BCUT2D eigenvalue weighted by Gasteiger charge is -2.25. The molecule has 11 N–H and O–H groups in total. The predicted octanol–water partition coefficient (Wildman–Crippen LogP) is -2.42. The van der Waals surface area contributed by atoms with Crippen LogP contribution >= 0.6 is 11.8 Å². The zero-order chi connectivity index (χ0) is 27.1. The van der Waals surface area contributed by atoms with Gasteiger partial charge in [-0.05, 0) is 44.2 Å². The van der Waals surface area contributed by atoms with Gasteiger partial charge in [-0.2, -0.15) is 11.8 Å². The minimum Gasteiger partial charge on any atom is -0.480 e. The summed E-state index contributed by atoms with van der Waals surface area (Å²) < 4.78 is 0. The monoisotopic (exact) mass is 528 g/mol. The molecule has 4 unspecified atom stereocenters. The third-order valence-electron chi connectivity index (χ3n) is 5.17. The van der Waals surface area contributed by atoms with E-state index in [1.165, 1.54) is 24.3 Å². The number of nitrogens with two attached hydrogens (primary N) is 3. The van der Waals surface area contributed by atoms with Gasteiger partial charge >= 0.3 is 5.97 Å². The number of rotatable bonds is 18. The minimum atomic E-state index is -1.26. The van der Waals surface area contributed by atoms with Crippen LogP contribution in [-0.2, 0) is 30.4 Å². The molecule has 15 heteroatoms. The van der Waals surface area contributed by atoms with Gasteiger partial charge in [0.05, 0.1) is 18.8 Å². The van der Waals surface area contributed by atoms with E-state index in [-0.39, 0.29) is 25.7 Å². The Morgan fingerprint density at radius 3 is 2.17 bits per heavy atom. The Balaban J connectivity index is 2.96. The summed E-state index contributed by atoms with van der Waals surface area (Å²) >= 11 is 1.45. The van der Waals surface area contributed by atoms with Crippen LogP contribution in [0.3, 0.4) is 0 Å². The molecule has 0 saturated carbocycles.